The van der Waals surface area contributed by atoms with Crippen LogP contribution in [0.3, 0.4) is 0 Å². The van der Waals surface area contributed by atoms with Gasteiger partial charge in [-0.3, -0.25) is 9.59 Å². The molecule has 0 heterocycles. The Morgan fingerprint density at radius 3 is 2.07 bits per heavy atom. The van der Waals surface area contributed by atoms with Gasteiger partial charge in [-0.1, -0.05) is 42.5 Å². The molecule has 0 aliphatic carbocycles. The molecule has 3 N–H and O–H groups in total. The van der Waals surface area contributed by atoms with E-state index in [1.54, 1.807) is 54.6 Å². The fraction of sp³-hybridized carbons (Fsp3) is 0.0435. The van der Waals surface area contributed by atoms with E-state index in [1.807, 2.05) is 6.07 Å². The molecule has 0 unspecified atom stereocenters. The van der Waals surface area contributed by atoms with Crippen LogP contribution in [0.15, 0.2) is 78.9 Å². The highest BCUT2D eigenvalue weighted by molar-refractivity contribution is 6.29. The standard InChI is InChI=1S/C23H18F2N2O3/c24-23(25)30-19-12-6-15(7-13-19)14-20(16-4-2-1-3-5-16)22(29)27-18-10-8-17(9-11-18)21(26)28/h1-14,23H,(H2,26,28)(H,27,29)/b20-14+. The van der Waals surface area contributed by atoms with Gasteiger partial charge in [-0.2, -0.15) is 8.78 Å². The van der Waals surface area contributed by atoms with Gasteiger partial charge in [-0.05, 0) is 53.6 Å². The molecule has 7 heteroatoms. The Hall–Kier alpha value is -4.00. The Labute approximate surface area is 171 Å². The van der Waals surface area contributed by atoms with E-state index in [1.165, 1.54) is 24.3 Å². The maximum atomic E-state index is 13.0. The van der Waals surface area contributed by atoms with Gasteiger partial charge in [0, 0.05) is 16.8 Å². The largest absolute Gasteiger partial charge is 0.435 e. The highest BCUT2D eigenvalue weighted by Crippen LogP contribution is 2.23. The lowest BCUT2D eigenvalue weighted by molar-refractivity contribution is -0.111. The van der Waals surface area contributed by atoms with Gasteiger partial charge in [-0.25, -0.2) is 0 Å². The van der Waals surface area contributed by atoms with Crippen LogP contribution < -0.4 is 15.8 Å². The van der Waals surface area contributed by atoms with Gasteiger partial charge in [0.2, 0.25) is 5.91 Å². The van der Waals surface area contributed by atoms with Gasteiger partial charge in [0.25, 0.3) is 5.91 Å². The zero-order valence-corrected chi connectivity index (χ0v) is 15.7. The third-order valence-corrected chi connectivity index (χ3v) is 4.17. The van der Waals surface area contributed by atoms with Crippen molar-refractivity contribution in [2.24, 2.45) is 5.73 Å². The molecule has 0 aliphatic rings. The summed E-state index contributed by atoms with van der Waals surface area (Å²) in [5, 5.41) is 2.78. The molecule has 30 heavy (non-hydrogen) atoms. The number of carbonyl (C=O) groups is 2. The van der Waals surface area contributed by atoms with Crippen LogP contribution in [0.4, 0.5) is 14.5 Å². The number of halogens is 2. The van der Waals surface area contributed by atoms with Crippen molar-refractivity contribution in [2.75, 3.05) is 5.32 Å². The predicted molar refractivity (Wildman–Crippen MR) is 111 cm³/mol. The molecule has 0 spiro atoms. The quantitative estimate of drug-likeness (QED) is 0.444. The van der Waals surface area contributed by atoms with Crippen LogP contribution in [0.25, 0.3) is 11.6 Å². The molecule has 3 rings (SSSR count). The van der Waals surface area contributed by atoms with Crippen LogP contribution in [0.5, 0.6) is 5.75 Å². The van der Waals surface area contributed by atoms with Crippen molar-refractivity contribution in [1.82, 2.24) is 0 Å². The fourth-order valence-corrected chi connectivity index (χ4v) is 2.73. The first-order valence-corrected chi connectivity index (χ1v) is 8.95. The minimum Gasteiger partial charge on any atom is -0.435 e. The molecule has 0 aliphatic heterocycles. The molecule has 0 atom stereocenters. The van der Waals surface area contributed by atoms with E-state index in [9.17, 15) is 18.4 Å². The monoisotopic (exact) mass is 408 g/mol. The molecule has 0 aromatic heterocycles. The van der Waals surface area contributed by atoms with E-state index in [0.29, 0.717) is 28.0 Å². The van der Waals surface area contributed by atoms with Crippen LogP contribution in [0.1, 0.15) is 21.5 Å². The van der Waals surface area contributed by atoms with Crippen molar-refractivity contribution in [2.45, 2.75) is 6.61 Å². The molecule has 3 aromatic carbocycles. The summed E-state index contributed by atoms with van der Waals surface area (Å²) in [5.41, 5.74) is 7.73. The number of nitrogens with one attached hydrogen (secondary N) is 1. The Kier molecular flexibility index (Phi) is 6.54. The van der Waals surface area contributed by atoms with Gasteiger partial charge in [0.1, 0.15) is 5.75 Å². The molecule has 152 valence electrons. The van der Waals surface area contributed by atoms with Gasteiger partial charge in [0.05, 0.1) is 0 Å². The molecule has 0 fully saturated rings. The summed E-state index contributed by atoms with van der Waals surface area (Å²) in [6, 6.07) is 21.2. The molecular weight excluding hydrogens is 390 g/mol. The second-order valence-electron chi connectivity index (χ2n) is 6.27. The maximum Gasteiger partial charge on any atom is 0.387 e. The van der Waals surface area contributed by atoms with Crippen LogP contribution in [-0.2, 0) is 4.79 Å². The lowest BCUT2D eigenvalue weighted by Crippen LogP contribution is -2.14. The Morgan fingerprint density at radius 2 is 1.50 bits per heavy atom. The molecule has 3 aromatic rings. The topological polar surface area (TPSA) is 81.4 Å². The van der Waals surface area contributed by atoms with E-state index in [4.69, 9.17) is 5.73 Å². The SMILES string of the molecule is NC(=O)c1ccc(NC(=O)/C(=C/c2ccc(OC(F)F)cc2)c2ccccc2)cc1. The van der Waals surface area contributed by atoms with E-state index >= 15 is 0 Å². The number of benzene rings is 3. The Morgan fingerprint density at radius 1 is 0.867 bits per heavy atom. The van der Waals surface area contributed by atoms with Gasteiger partial charge in [0.15, 0.2) is 0 Å². The molecular formula is C23H18F2N2O3. The second-order valence-corrected chi connectivity index (χ2v) is 6.27. The van der Waals surface area contributed by atoms with Crippen molar-refractivity contribution in [1.29, 1.82) is 0 Å². The van der Waals surface area contributed by atoms with Crippen molar-refractivity contribution >= 4 is 29.2 Å². The first-order chi connectivity index (χ1) is 14.4. The van der Waals surface area contributed by atoms with Gasteiger partial charge >= 0.3 is 6.61 Å². The minimum absolute atomic E-state index is 0.0300. The maximum absolute atomic E-state index is 13.0. The number of amides is 2. The molecule has 0 saturated carbocycles. The number of alkyl halides is 2. The third-order valence-electron chi connectivity index (χ3n) is 4.17. The molecule has 5 nitrogen and oxygen atoms in total. The van der Waals surface area contributed by atoms with Gasteiger partial charge in [-0.15, -0.1) is 0 Å². The average Bonchev–Trinajstić information content (AvgIpc) is 2.73. The number of nitrogens with two attached hydrogens (primary N) is 1. The lowest BCUT2D eigenvalue weighted by atomic mass is 10.0. The lowest BCUT2D eigenvalue weighted by Gasteiger charge is -2.11. The normalized spacial score (nSPS) is 11.2. The molecule has 0 radical (unpaired) electrons. The van der Waals surface area contributed by atoms with Crippen molar-refractivity contribution in [3.05, 3.63) is 95.6 Å². The van der Waals surface area contributed by atoms with Crippen LogP contribution >= 0.6 is 0 Å². The highest BCUT2D eigenvalue weighted by atomic mass is 19.3. The van der Waals surface area contributed by atoms with Crippen molar-refractivity contribution < 1.29 is 23.1 Å². The fourth-order valence-electron chi connectivity index (χ4n) is 2.73. The van der Waals surface area contributed by atoms with Crippen LogP contribution in [0.2, 0.25) is 0 Å². The summed E-state index contributed by atoms with van der Waals surface area (Å²) in [5.74, 6) is -0.902. The average molecular weight is 408 g/mol. The molecule has 2 amide bonds. The molecule has 0 saturated heterocycles. The van der Waals surface area contributed by atoms with Crippen LogP contribution in [0, 0.1) is 0 Å². The summed E-state index contributed by atoms with van der Waals surface area (Å²) in [7, 11) is 0. The summed E-state index contributed by atoms with van der Waals surface area (Å²) >= 11 is 0. The van der Waals surface area contributed by atoms with E-state index in [2.05, 4.69) is 10.1 Å². The zero-order valence-electron chi connectivity index (χ0n) is 15.7. The summed E-state index contributed by atoms with van der Waals surface area (Å²) in [6.45, 7) is -2.90. The van der Waals surface area contributed by atoms with Gasteiger partial charge < -0.3 is 15.8 Å². The number of anilines is 1. The first kappa shape index (κ1) is 20.7. The number of rotatable bonds is 7. The third kappa shape index (κ3) is 5.51. The number of ether oxygens (including phenoxy) is 1. The predicted octanol–water partition coefficient (Wildman–Crippen LogP) is 4.57. The van der Waals surface area contributed by atoms with Crippen LogP contribution in [-0.4, -0.2) is 18.4 Å². The summed E-state index contributed by atoms with van der Waals surface area (Å²) in [6.07, 6.45) is 1.65. The second kappa shape index (κ2) is 9.47. The number of primary amides is 1. The number of carbonyl (C=O) groups excluding carboxylic acids is 2. The smallest absolute Gasteiger partial charge is 0.387 e. The van der Waals surface area contributed by atoms with Crippen molar-refractivity contribution in [3.8, 4) is 5.75 Å². The van der Waals surface area contributed by atoms with E-state index < -0.39 is 12.5 Å². The van der Waals surface area contributed by atoms with E-state index in [-0.39, 0.29) is 11.7 Å². The Bertz CT molecular complexity index is 1050. The Balaban J connectivity index is 1.88. The molecule has 0 bridgehead atoms. The number of hydrogen-bond acceptors (Lipinski definition) is 3. The highest BCUT2D eigenvalue weighted by Gasteiger charge is 2.13. The van der Waals surface area contributed by atoms with E-state index in [0.717, 1.165) is 0 Å². The first-order valence-electron chi connectivity index (χ1n) is 8.95. The summed E-state index contributed by atoms with van der Waals surface area (Å²) in [4.78, 5) is 24.1. The minimum atomic E-state index is -2.90. The zero-order chi connectivity index (χ0) is 21.5. The van der Waals surface area contributed by atoms with Crippen molar-refractivity contribution in [3.63, 3.8) is 0 Å². The summed E-state index contributed by atoms with van der Waals surface area (Å²) < 4.78 is 29.0. The number of hydrogen-bond donors (Lipinski definition) is 2.